The van der Waals surface area contributed by atoms with Crippen molar-refractivity contribution >= 4 is 82.8 Å². The zero-order valence-electron chi connectivity index (χ0n) is 48.2. The zero-order valence-corrected chi connectivity index (χ0v) is 48.2. The van der Waals surface area contributed by atoms with E-state index in [0.29, 0.717) is 21.6 Å². The Morgan fingerprint density at radius 1 is 0.566 bits per heavy atom. The summed E-state index contributed by atoms with van der Waals surface area (Å²) in [6, 6.07) is -11.0. The number of hydrogen-bond acceptors (Lipinski definition) is 19. The first kappa shape index (κ1) is 73.2. The summed E-state index contributed by atoms with van der Waals surface area (Å²) in [7, 11) is 0. The van der Waals surface area contributed by atoms with Crippen LogP contribution in [-0.2, 0) is 71.9 Å². The second-order valence-electron chi connectivity index (χ2n) is 19.8. The third-order valence-electron chi connectivity index (χ3n) is 12.4. The topological polar surface area (TPSA) is 459 Å². The molecule has 0 radical (unpaired) electrons. The van der Waals surface area contributed by atoms with Gasteiger partial charge in [0.1, 0.15) is 55.4 Å². The van der Waals surface area contributed by atoms with Crippen LogP contribution in [0.4, 0.5) is 0 Å². The second-order valence-corrected chi connectivity index (χ2v) is 19.8. The number of carbonyl (C=O) groups is 14. The van der Waals surface area contributed by atoms with E-state index in [1.807, 2.05) is 0 Å². The van der Waals surface area contributed by atoms with Crippen molar-refractivity contribution in [1.82, 2.24) is 68.4 Å². The minimum absolute atomic E-state index is 0.104. The van der Waals surface area contributed by atoms with E-state index in [1.54, 1.807) is 12.2 Å². The summed E-state index contributed by atoms with van der Waals surface area (Å²) in [5, 5.41) is 64.6. The van der Waals surface area contributed by atoms with E-state index >= 15 is 0 Å². The smallest absolute Gasteiger partial charge is 0.325 e. The summed E-state index contributed by atoms with van der Waals surface area (Å²) in [5.41, 5.74) is 0. The van der Waals surface area contributed by atoms with Crippen molar-refractivity contribution in [3.8, 4) is 0 Å². The molecule has 0 unspecified atom stereocenters. The van der Waals surface area contributed by atoms with Crippen LogP contribution in [0.3, 0.4) is 0 Å². The van der Waals surface area contributed by atoms with Gasteiger partial charge in [0.15, 0.2) is 0 Å². The lowest BCUT2D eigenvalue weighted by Crippen LogP contribution is -2.60. The largest absolute Gasteiger partial charge is 0.462 e. The maximum Gasteiger partial charge on any atom is 0.325 e. The molecule has 468 valence electrons. The van der Waals surface area contributed by atoms with Gasteiger partial charge in [-0.3, -0.25) is 82.7 Å². The molecule has 13 amide bonds. The molecular formula is C51H85N13O19. The Kier molecular flexibility index (Phi) is 34.9. The number of hydrogen-bond donors (Lipinski definition) is 14. The lowest BCUT2D eigenvalue weighted by molar-refractivity contribution is -0.163. The summed E-state index contributed by atoms with van der Waals surface area (Å²) in [6.45, 7) is 3.95. The van der Waals surface area contributed by atoms with Crippen molar-refractivity contribution in [3.63, 3.8) is 0 Å². The number of rotatable bonds is 22. The predicted octanol–water partition coefficient (Wildman–Crippen LogP) is -4.08. The van der Waals surface area contributed by atoms with Gasteiger partial charge in [-0.2, -0.15) is 0 Å². The maximum absolute atomic E-state index is 14.0. The molecule has 0 aromatic rings. The molecule has 7 atom stereocenters. The monoisotopic (exact) mass is 1180 g/mol. The Labute approximate surface area is 480 Å². The van der Waals surface area contributed by atoms with Gasteiger partial charge < -0.3 is 63.0 Å². The number of nitrogens with zero attached hydrogens (tertiary/aromatic N) is 3. The van der Waals surface area contributed by atoms with Crippen LogP contribution in [0.1, 0.15) is 126 Å². The van der Waals surface area contributed by atoms with Crippen molar-refractivity contribution in [2.45, 2.75) is 168 Å². The number of hydroxylamine groups is 6. The standard InChI is InChI=1S/C51H85N13O19/c1-8-9-10-11-12-13-14-21-40(69)57-39-29-83-43(72)27-54-46(74)35(18-15-22-62(80)32(5)66)56-41(70)25-52-45(73)31(4)55-48(76)37(20-17-24-64(82)34(7)68)59-49(77)38(28-65)60-51(79)44(30(2)3)61-42(71)26-53-47(75)36(58-50(39)78)19-16-23-63(81)33(6)67/h13-14,30-31,35-39,44,65,80-82H,8-12,15-29H2,1-7H3,(H,52,73)(H,53,75)(H,54,74)(H,55,76)(H,56,70)(H,57,69)(H,58,78)(H,59,77)(H,60,79)(H,61,71)/b14-13+/t31-,35-,36-,37-,38-,39-,44-/m0/s1. The predicted molar refractivity (Wildman–Crippen MR) is 289 cm³/mol. The molecule has 83 heavy (non-hydrogen) atoms. The van der Waals surface area contributed by atoms with E-state index in [4.69, 9.17) is 4.74 Å². The highest BCUT2D eigenvalue weighted by Crippen LogP contribution is 2.08. The highest BCUT2D eigenvalue weighted by Gasteiger charge is 2.34. The fourth-order valence-corrected chi connectivity index (χ4v) is 7.55. The Hall–Kier alpha value is -7.84. The first-order valence-corrected chi connectivity index (χ1v) is 27.4. The highest BCUT2D eigenvalue weighted by molar-refractivity contribution is 5.98. The van der Waals surface area contributed by atoms with Crippen LogP contribution in [0.15, 0.2) is 12.2 Å². The van der Waals surface area contributed by atoms with E-state index in [2.05, 4.69) is 60.1 Å². The Morgan fingerprint density at radius 2 is 1.02 bits per heavy atom. The number of aliphatic hydroxyl groups excluding tert-OH is 1. The average Bonchev–Trinajstić information content (AvgIpc) is 3.46. The van der Waals surface area contributed by atoms with Crippen LogP contribution in [0.2, 0.25) is 0 Å². The number of ether oxygens (including phenoxy) is 1. The van der Waals surface area contributed by atoms with Crippen molar-refractivity contribution in [3.05, 3.63) is 12.2 Å². The summed E-state index contributed by atoms with van der Waals surface area (Å²) < 4.78 is 5.29. The van der Waals surface area contributed by atoms with Gasteiger partial charge in [-0.15, -0.1) is 0 Å². The van der Waals surface area contributed by atoms with Gasteiger partial charge in [-0.1, -0.05) is 52.2 Å². The fraction of sp³-hybridized carbons (Fsp3) is 0.686. The molecule has 0 spiro atoms. The average molecular weight is 1180 g/mol. The van der Waals surface area contributed by atoms with Crippen LogP contribution in [0.25, 0.3) is 0 Å². The Morgan fingerprint density at radius 3 is 1.53 bits per heavy atom. The quantitative estimate of drug-likeness (QED) is 0.0161. The van der Waals surface area contributed by atoms with Gasteiger partial charge >= 0.3 is 5.97 Å². The number of carbonyl (C=O) groups excluding carboxylic acids is 14. The number of amides is 13. The van der Waals surface area contributed by atoms with E-state index in [9.17, 15) is 87.9 Å². The van der Waals surface area contributed by atoms with Crippen molar-refractivity contribution in [2.24, 2.45) is 5.92 Å². The van der Waals surface area contributed by atoms with E-state index in [0.717, 1.165) is 46.5 Å². The minimum atomic E-state index is -1.79. The maximum atomic E-state index is 14.0. The van der Waals surface area contributed by atoms with E-state index in [1.165, 1.54) is 20.8 Å². The molecule has 32 heteroatoms. The van der Waals surface area contributed by atoms with Gasteiger partial charge in [-0.05, 0) is 64.2 Å². The molecule has 1 aliphatic rings. The number of cyclic esters (lactones) is 1. The molecule has 1 rings (SSSR count). The van der Waals surface area contributed by atoms with Gasteiger partial charge in [0.05, 0.1) is 19.7 Å². The lowest BCUT2D eigenvalue weighted by atomic mass is 10.0. The van der Waals surface area contributed by atoms with Crippen LogP contribution in [0, 0.1) is 5.92 Å². The summed E-state index contributed by atoms with van der Waals surface area (Å²) in [6.07, 6.45) is 6.38. The molecule has 0 aromatic heterocycles. The van der Waals surface area contributed by atoms with Crippen molar-refractivity contribution in [2.75, 3.05) is 52.5 Å². The summed E-state index contributed by atoms with van der Waals surface area (Å²) >= 11 is 0. The highest BCUT2D eigenvalue weighted by atomic mass is 16.5. The number of aliphatic hydroxyl groups is 1. The van der Waals surface area contributed by atoms with Crippen LogP contribution in [-0.4, -0.2) is 213 Å². The van der Waals surface area contributed by atoms with Gasteiger partial charge in [-0.25, -0.2) is 15.2 Å². The molecular weight excluding hydrogens is 1100 g/mol. The first-order valence-electron chi connectivity index (χ1n) is 27.4. The van der Waals surface area contributed by atoms with Crippen molar-refractivity contribution in [1.29, 1.82) is 0 Å². The minimum Gasteiger partial charge on any atom is -0.462 e. The molecule has 1 heterocycles. The van der Waals surface area contributed by atoms with Gasteiger partial charge in [0, 0.05) is 46.8 Å². The zero-order chi connectivity index (χ0) is 62.8. The van der Waals surface area contributed by atoms with Crippen LogP contribution in [0.5, 0.6) is 0 Å². The SMILES string of the molecule is CCCCCC/C=C/CC(=O)N[C@H]1COC(=O)CNC(=O)[C@H](CCCN(O)C(C)=O)NC(=O)CNC(=O)[C@H](C)NC(=O)[C@H](CCCN(O)C(C)=O)NC(=O)[C@H](CO)NC(=O)[C@H](C(C)C)NC(=O)CNC(=O)[C@H](CCCN(O)C(C)=O)NC1=O. The molecule has 14 N–H and O–H groups in total. The molecule has 0 aromatic carbocycles. The first-order chi connectivity index (χ1) is 39.1. The number of esters is 1. The summed E-state index contributed by atoms with van der Waals surface area (Å²) in [5.74, 6) is -14.1. The van der Waals surface area contributed by atoms with E-state index in [-0.39, 0.29) is 64.6 Å². The molecule has 0 aliphatic carbocycles. The molecule has 0 saturated carbocycles. The van der Waals surface area contributed by atoms with Crippen LogP contribution < -0.4 is 53.2 Å². The second kappa shape index (κ2) is 39.6. The number of nitrogens with one attached hydrogen (secondary N) is 10. The molecule has 1 aliphatic heterocycles. The summed E-state index contributed by atoms with van der Waals surface area (Å²) in [4.78, 5) is 183. The van der Waals surface area contributed by atoms with Gasteiger partial charge in [0.25, 0.3) is 0 Å². The fourth-order valence-electron chi connectivity index (χ4n) is 7.55. The van der Waals surface area contributed by atoms with Crippen molar-refractivity contribution < 1.29 is 92.6 Å². The van der Waals surface area contributed by atoms with Gasteiger partial charge in [0.2, 0.25) is 76.8 Å². The third-order valence-corrected chi connectivity index (χ3v) is 12.4. The molecule has 32 nitrogen and oxygen atoms in total. The number of unbranched alkanes of at least 4 members (excludes halogenated alkanes) is 4. The normalized spacial score (nSPS) is 21.9. The third kappa shape index (κ3) is 30.2. The Bertz CT molecular complexity index is 2270. The lowest BCUT2D eigenvalue weighted by Gasteiger charge is -2.27. The van der Waals surface area contributed by atoms with E-state index < -0.39 is 164 Å². The molecule has 1 fully saturated rings. The molecule has 0 bridgehead atoms. The Balaban J connectivity index is 3.79. The number of allylic oxidation sites excluding steroid dienone is 1. The van der Waals surface area contributed by atoms with Crippen LogP contribution >= 0.6 is 0 Å². The molecule has 1 saturated heterocycles.